The molecule has 0 spiro atoms. The Labute approximate surface area is 385 Å². The van der Waals surface area contributed by atoms with Crippen molar-refractivity contribution in [1.82, 2.24) is 9.97 Å². The van der Waals surface area contributed by atoms with Crippen LogP contribution in [0.15, 0.2) is 207 Å². The van der Waals surface area contributed by atoms with E-state index in [2.05, 4.69) is 244 Å². The van der Waals surface area contributed by atoms with Crippen LogP contribution in [-0.2, 0) is 0 Å². The molecule has 4 heteroatoms. The SMILES string of the molecule is Cc1ccc(N(c2ccc(C)cc2)c2cc(-c3cnc4ccccc4c3)c3ccc4c(N(c5ccc(C)cc5)c5ccc(C)cc5)cc(-c5cnc6ccccc6c5)c5ccc2c3c54)cc1. The summed E-state index contributed by atoms with van der Waals surface area (Å²) in [6, 6.07) is 71.2. The highest BCUT2D eigenvalue weighted by atomic mass is 15.1. The monoisotopic (exact) mass is 846 g/mol. The maximum absolute atomic E-state index is 5.05. The number of nitrogens with zero attached hydrogens (tertiary/aromatic N) is 4. The van der Waals surface area contributed by atoms with Gasteiger partial charge in [-0.15, -0.1) is 0 Å². The fourth-order valence-electron chi connectivity index (χ4n) is 9.87. The molecule has 2 aromatic heterocycles. The van der Waals surface area contributed by atoms with E-state index in [-0.39, 0.29) is 0 Å². The molecule has 0 bridgehead atoms. The van der Waals surface area contributed by atoms with Crippen molar-refractivity contribution in [2.75, 3.05) is 9.80 Å². The molecule has 314 valence electrons. The molecule has 66 heavy (non-hydrogen) atoms. The molecule has 0 saturated heterocycles. The molecule has 0 aliphatic rings. The van der Waals surface area contributed by atoms with Gasteiger partial charge in [0.05, 0.1) is 22.4 Å². The molecule has 0 amide bonds. The van der Waals surface area contributed by atoms with Crippen molar-refractivity contribution in [3.05, 3.63) is 229 Å². The van der Waals surface area contributed by atoms with E-state index in [0.29, 0.717) is 0 Å². The van der Waals surface area contributed by atoms with E-state index in [1.165, 1.54) is 54.6 Å². The van der Waals surface area contributed by atoms with Crippen LogP contribution < -0.4 is 9.80 Å². The van der Waals surface area contributed by atoms with E-state index in [1.807, 2.05) is 0 Å². The van der Waals surface area contributed by atoms with Gasteiger partial charge in [-0.1, -0.05) is 131 Å². The standard InChI is InChI=1S/C62H46N4/c1-39-13-21-47(22-14-39)65(48-23-15-40(2)16-24-48)59-35-55(45-33-43-9-5-7-11-57(43)63-37-45)51-30-32-54-60(66(49-25-17-41(3)18-26-49)50-27-19-42(4)20-28-50)36-56(52-29-31-53(59)61(51)62(52)54)46-34-44-10-6-8-12-58(44)64-38-46/h5-38H,1-4H3. The molecule has 4 nitrogen and oxygen atoms in total. The van der Waals surface area contributed by atoms with Crippen molar-refractivity contribution in [2.45, 2.75) is 27.7 Å². The highest BCUT2D eigenvalue weighted by Crippen LogP contribution is 2.52. The first-order valence-corrected chi connectivity index (χ1v) is 22.7. The summed E-state index contributed by atoms with van der Waals surface area (Å²) in [6.45, 7) is 8.60. The fourth-order valence-corrected chi connectivity index (χ4v) is 9.87. The molecule has 0 aliphatic carbocycles. The Hall–Kier alpha value is -8.34. The lowest BCUT2D eigenvalue weighted by atomic mass is 9.85. The first kappa shape index (κ1) is 39.3. The van der Waals surface area contributed by atoms with Gasteiger partial charge in [0.2, 0.25) is 0 Å². The average Bonchev–Trinajstić information content (AvgIpc) is 3.35. The van der Waals surface area contributed by atoms with Crippen molar-refractivity contribution >= 4 is 88.2 Å². The van der Waals surface area contributed by atoms with Crippen LogP contribution >= 0.6 is 0 Å². The predicted octanol–water partition coefficient (Wildman–Crippen LogP) is 17.2. The zero-order chi connectivity index (χ0) is 44.5. The number of benzene rings is 10. The minimum absolute atomic E-state index is 0.978. The predicted molar refractivity (Wildman–Crippen MR) is 280 cm³/mol. The van der Waals surface area contributed by atoms with Crippen molar-refractivity contribution in [1.29, 1.82) is 0 Å². The van der Waals surface area contributed by atoms with Gasteiger partial charge in [0, 0.05) is 78.6 Å². The summed E-state index contributed by atoms with van der Waals surface area (Å²) >= 11 is 0. The van der Waals surface area contributed by atoms with Gasteiger partial charge in [-0.05, 0) is 135 Å². The van der Waals surface area contributed by atoms with Crippen molar-refractivity contribution in [2.24, 2.45) is 0 Å². The first-order chi connectivity index (χ1) is 32.3. The van der Waals surface area contributed by atoms with E-state index in [4.69, 9.17) is 9.97 Å². The molecular formula is C62H46N4. The molecule has 0 unspecified atom stereocenters. The summed E-state index contributed by atoms with van der Waals surface area (Å²) in [5.41, 5.74) is 17.8. The Morgan fingerprint density at radius 3 is 0.985 bits per heavy atom. The Bertz CT molecular complexity index is 3440. The Balaban J connectivity index is 1.25. The molecule has 0 radical (unpaired) electrons. The van der Waals surface area contributed by atoms with E-state index in [9.17, 15) is 0 Å². The number of hydrogen-bond acceptors (Lipinski definition) is 4. The summed E-state index contributed by atoms with van der Waals surface area (Å²) in [5, 5.41) is 9.31. The van der Waals surface area contributed by atoms with Crippen LogP contribution in [0.4, 0.5) is 34.1 Å². The molecular weight excluding hydrogens is 801 g/mol. The minimum Gasteiger partial charge on any atom is -0.310 e. The molecule has 12 rings (SSSR count). The maximum atomic E-state index is 5.05. The molecule has 12 aromatic rings. The summed E-state index contributed by atoms with van der Waals surface area (Å²) in [5.74, 6) is 0. The van der Waals surface area contributed by atoms with E-state index < -0.39 is 0 Å². The molecule has 0 aliphatic heterocycles. The number of aryl methyl sites for hydroxylation is 4. The lowest BCUT2D eigenvalue weighted by Crippen LogP contribution is -2.12. The molecule has 0 atom stereocenters. The highest BCUT2D eigenvalue weighted by molar-refractivity contribution is 6.32. The smallest absolute Gasteiger partial charge is 0.0702 e. The van der Waals surface area contributed by atoms with E-state index in [1.54, 1.807) is 0 Å². The molecule has 10 aromatic carbocycles. The molecule has 0 saturated carbocycles. The molecule has 0 N–H and O–H groups in total. The third kappa shape index (κ3) is 6.69. The van der Waals surface area contributed by atoms with Crippen LogP contribution in [-0.4, -0.2) is 9.97 Å². The van der Waals surface area contributed by atoms with Crippen molar-refractivity contribution in [3.8, 4) is 22.3 Å². The number of para-hydroxylation sites is 2. The van der Waals surface area contributed by atoms with Crippen molar-refractivity contribution in [3.63, 3.8) is 0 Å². The summed E-state index contributed by atoms with van der Waals surface area (Å²) < 4.78 is 0. The van der Waals surface area contributed by atoms with Gasteiger partial charge in [-0.2, -0.15) is 0 Å². The lowest BCUT2D eigenvalue weighted by molar-refractivity contribution is 1.28. The van der Waals surface area contributed by atoms with E-state index >= 15 is 0 Å². The number of anilines is 6. The zero-order valence-electron chi connectivity index (χ0n) is 37.4. The largest absolute Gasteiger partial charge is 0.310 e. The minimum atomic E-state index is 0.978. The van der Waals surface area contributed by atoms with Crippen LogP contribution in [0.2, 0.25) is 0 Å². The van der Waals surface area contributed by atoms with Gasteiger partial charge in [0.25, 0.3) is 0 Å². The lowest BCUT2D eigenvalue weighted by Gasteiger charge is -2.31. The third-order valence-electron chi connectivity index (χ3n) is 13.3. The number of pyridine rings is 2. The fraction of sp³-hybridized carbons (Fsp3) is 0.0645. The van der Waals surface area contributed by atoms with Crippen LogP contribution in [0.1, 0.15) is 22.3 Å². The van der Waals surface area contributed by atoms with E-state index in [0.717, 1.165) is 78.2 Å². The molecule has 2 heterocycles. The number of hydrogen-bond donors (Lipinski definition) is 0. The Morgan fingerprint density at radius 2 is 0.636 bits per heavy atom. The topological polar surface area (TPSA) is 32.3 Å². The summed E-state index contributed by atoms with van der Waals surface area (Å²) in [7, 11) is 0. The van der Waals surface area contributed by atoms with Gasteiger partial charge >= 0.3 is 0 Å². The number of aromatic nitrogens is 2. The Kier molecular flexibility index (Phi) is 9.35. The Morgan fingerprint density at radius 1 is 0.318 bits per heavy atom. The second-order valence-electron chi connectivity index (χ2n) is 17.8. The number of fused-ring (bicyclic) bond motifs is 2. The summed E-state index contributed by atoms with van der Waals surface area (Å²) in [4.78, 5) is 15.0. The van der Waals surface area contributed by atoms with Gasteiger partial charge in [0.15, 0.2) is 0 Å². The normalized spacial score (nSPS) is 11.6. The quantitative estimate of drug-likeness (QED) is 0.143. The zero-order valence-corrected chi connectivity index (χ0v) is 37.4. The van der Waals surface area contributed by atoms with Crippen LogP contribution in [0, 0.1) is 27.7 Å². The second kappa shape index (κ2) is 15.7. The van der Waals surface area contributed by atoms with Gasteiger partial charge in [0.1, 0.15) is 0 Å². The average molecular weight is 847 g/mol. The van der Waals surface area contributed by atoms with Gasteiger partial charge in [-0.25, -0.2) is 0 Å². The second-order valence-corrected chi connectivity index (χ2v) is 17.8. The summed E-state index contributed by atoms with van der Waals surface area (Å²) in [6.07, 6.45) is 4.10. The maximum Gasteiger partial charge on any atom is 0.0702 e. The third-order valence-corrected chi connectivity index (χ3v) is 13.3. The highest BCUT2D eigenvalue weighted by Gasteiger charge is 2.26. The van der Waals surface area contributed by atoms with Crippen LogP contribution in [0.25, 0.3) is 76.4 Å². The first-order valence-electron chi connectivity index (χ1n) is 22.7. The van der Waals surface area contributed by atoms with Gasteiger partial charge < -0.3 is 9.80 Å². The van der Waals surface area contributed by atoms with Crippen LogP contribution in [0.3, 0.4) is 0 Å². The molecule has 0 fully saturated rings. The number of rotatable bonds is 8. The van der Waals surface area contributed by atoms with Gasteiger partial charge in [-0.3, -0.25) is 9.97 Å². The van der Waals surface area contributed by atoms with Crippen molar-refractivity contribution < 1.29 is 0 Å². The van der Waals surface area contributed by atoms with Crippen LogP contribution in [0.5, 0.6) is 0 Å².